The van der Waals surface area contributed by atoms with Gasteiger partial charge in [-0.15, -0.1) is 0 Å². The second kappa shape index (κ2) is 7.65. The van der Waals surface area contributed by atoms with Crippen LogP contribution in [0.2, 0.25) is 0 Å². The Kier molecular flexibility index (Phi) is 5.12. The lowest BCUT2D eigenvalue weighted by atomic mass is 10.1. The average Bonchev–Trinajstić information content (AvgIpc) is 2.61. The molecule has 132 valence electrons. The van der Waals surface area contributed by atoms with Crippen LogP contribution in [0, 0.1) is 13.8 Å². The van der Waals surface area contributed by atoms with E-state index in [1.807, 2.05) is 32.0 Å². The molecule has 1 heterocycles. The van der Waals surface area contributed by atoms with E-state index in [9.17, 15) is 4.79 Å². The van der Waals surface area contributed by atoms with Crippen molar-refractivity contribution in [3.05, 3.63) is 71.4 Å². The molecule has 2 aromatic carbocycles. The molecule has 0 bridgehead atoms. The number of para-hydroxylation sites is 1. The van der Waals surface area contributed by atoms with E-state index in [2.05, 4.69) is 26.7 Å². The quantitative estimate of drug-likeness (QED) is 0.667. The number of carbonyl (C=O) groups is 1. The SMILES string of the molecule is COC(=O)c1ccccc1Nc1ccnc(Nc2cc(C)cc(C)c2)n1. The number of anilines is 4. The standard InChI is InChI=1S/C20H20N4O2/c1-13-10-14(2)12-15(11-13)22-20-21-9-8-18(24-20)23-17-7-5-4-6-16(17)19(25)26-3/h4-12H,1-3H3,(H2,21,22,23,24). The molecule has 0 aliphatic rings. The van der Waals surface area contributed by atoms with Crippen LogP contribution in [0.5, 0.6) is 0 Å². The predicted molar refractivity (Wildman–Crippen MR) is 102 cm³/mol. The molecule has 0 saturated heterocycles. The molecule has 26 heavy (non-hydrogen) atoms. The minimum atomic E-state index is -0.407. The Balaban J connectivity index is 1.83. The lowest BCUT2D eigenvalue weighted by Gasteiger charge is -2.11. The Morgan fingerprint density at radius 3 is 2.46 bits per heavy atom. The van der Waals surface area contributed by atoms with Crippen LogP contribution in [0.15, 0.2) is 54.7 Å². The Labute approximate surface area is 152 Å². The zero-order valence-corrected chi connectivity index (χ0v) is 14.9. The highest BCUT2D eigenvalue weighted by atomic mass is 16.5. The molecule has 0 spiro atoms. The first kappa shape index (κ1) is 17.4. The van der Waals surface area contributed by atoms with E-state index in [1.165, 1.54) is 7.11 Å². The number of ether oxygens (including phenoxy) is 1. The molecule has 6 heteroatoms. The predicted octanol–water partition coefficient (Wildman–Crippen LogP) is 4.37. The number of hydrogen-bond donors (Lipinski definition) is 2. The van der Waals surface area contributed by atoms with Gasteiger partial charge in [0.05, 0.1) is 18.4 Å². The van der Waals surface area contributed by atoms with Gasteiger partial charge in [0.1, 0.15) is 5.82 Å². The van der Waals surface area contributed by atoms with Gasteiger partial charge < -0.3 is 15.4 Å². The molecular weight excluding hydrogens is 328 g/mol. The number of methoxy groups -OCH3 is 1. The first-order valence-corrected chi connectivity index (χ1v) is 8.18. The highest BCUT2D eigenvalue weighted by Gasteiger charge is 2.11. The van der Waals surface area contributed by atoms with Gasteiger partial charge in [0.25, 0.3) is 0 Å². The average molecular weight is 348 g/mol. The smallest absolute Gasteiger partial charge is 0.339 e. The number of hydrogen-bond acceptors (Lipinski definition) is 6. The summed E-state index contributed by atoms with van der Waals surface area (Å²) >= 11 is 0. The lowest BCUT2D eigenvalue weighted by Crippen LogP contribution is -2.06. The highest BCUT2D eigenvalue weighted by molar-refractivity contribution is 5.96. The topological polar surface area (TPSA) is 76.1 Å². The maximum atomic E-state index is 11.9. The monoisotopic (exact) mass is 348 g/mol. The van der Waals surface area contributed by atoms with Gasteiger partial charge in [-0.3, -0.25) is 0 Å². The first-order valence-electron chi connectivity index (χ1n) is 8.18. The minimum absolute atomic E-state index is 0.407. The first-order chi connectivity index (χ1) is 12.5. The summed E-state index contributed by atoms with van der Waals surface area (Å²) in [5, 5.41) is 6.35. The third-order valence-corrected chi connectivity index (χ3v) is 3.73. The van der Waals surface area contributed by atoms with Crippen molar-refractivity contribution in [2.75, 3.05) is 17.7 Å². The molecule has 0 aliphatic heterocycles. The minimum Gasteiger partial charge on any atom is -0.465 e. The van der Waals surface area contributed by atoms with Gasteiger partial charge in [-0.1, -0.05) is 18.2 Å². The Morgan fingerprint density at radius 2 is 1.73 bits per heavy atom. The molecule has 0 saturated carbocycles. The van der Waals surface area contributed by atoms with E-state index in [0.717, 1.165) is 16.8 Å². The van der Waals surface area contributed by atoms with Crippen molar-refractivity contribution in [1.29, 1.82) is 0 Å². The van der Waals surface area contributed by atoms with Crippen molar-refractivity contribution < 1.29 is 9.53 Å². The maximum absolute atomic E-state index is 11.9. The van der Waals surface area contributed by atoms with Gasteiger partial charge in [0, 0.05) is 11.9 Å². The fraction of sp³-hybridized carbons (Fsp3) is 0.150. The van der Waals surface area contributed by atoms with Crippen molar-refractivity contribution in [3.63, 3.8) is 0 Å². The molecular formula is C20H20N4O2. The highest BCUT2D eigenvalue weighted by Crippen LogP contribution is 2.22. The molecule has 3 aromatic rings. The zero-order chi connectivity index (χ0) is 18.5. The molecule has 3 rings (SSSR count). The van der Waals surface area contributed by atoms with Crippen molar-refractivity contribution in [1.82, 2.24) is 9.97 Å². The summed E-state index contributed by atoms with van der Waals surface area (Å²) in [5.74, 6) is 0.634. The summed E-state index contributed by atoms with van der Waals surface area (Å²) < 4.78 is 4.82. The van der Waals surface area contributed by atoms with Crippen molar-refractivity contribution in [2.45, 2.75) is 13.8 Å². The van der Waals surface area contributed by atoms with Crippen LogP contribution in [0.4, 0.5) is 23.1 Å². The van der Waals surface area contributed by atoms with E-state index in [4.69, 9.17) is 4.74 Å². The summed E-state index contributed by atoms with van der Waals surface area (Å²) in [4.78, 5) is 20.6. The van der Waals surface area contributed by atoms with Crippen LogP contribution in [0.25, 0.3) is 0 Å². The molecule has 0 atom stereocenters. The van der Waals surface area contributed by atoms with Gasteiger partial charge in [0.2, 0.25) is 5.95 Å². The molecule has 6 nitrogen and oxygen atoms in total. The van der Waals surface area contributed by atoms with Crippen molar-refractivity contribution >= 4 is 29.1 Å². The largest absolute Gasteiger partial charge is 0.465 e. The van der Waals surface area contributed by atoms with E-state index in [-0.39, 0.29) is 0 Å². The van der Waals surface area contributed by atoms with Gasteiger partial charge in [-0.2, -0.15) is 4.98 Å². The molecule has 0 radical (unpaired) electrons. The van der Waals surface area contributed by atoms with Crippen molar-refractivity contribution in [3.8, 4) is 0 Å². The number of carbonyl (C=O) groups excluding carboxylic acids is 1. The Morgan fingerprint density at radius 1 is 1.00 bits per heavy atom. The van der Waals surface area contributed by atoms with Crippen LogP contribution in [-0.4, -0.2) is 23.0 Å². The molecule has 0 amide bonds. The van der Waals surface area contributed by atoms with Gasteiger partial charge >= 0.3 is 5.97 Å². The fourth-order valence-corrected chi connectivity index (χ4v) is 2.68. The number of rotatable bonds is 5. The molecule has 0 unspecified atom stereocenters. The van der Waals surface area contributed by atoms with Crippen LogP contribution in [0.1, 0.15) is 21.5 Å². The van der Waals surface area contributed by atoms with Gasteiger partial charge in [0.15, 0.2) is 0 Å². The number of aryl methyl sites for hydroxylation is 2. The van der Waals surface area contributed by atoms with Gasteiger partial charge in [-0.05, 0) is 55.3 Å². The normalized spacial score (nSPS) is 10.3. The Bertz CT molecular complexity index is 920. The number of esters is 1. The van der Waals surface area contributed by atoms with E-state index in [1.54, 1.807) is 30.5 Å². The molecule has 1 aromatic heterocycles. The lowest BCUT2D eigenvalue weighted by molar-refractivity contribution is 0.0602. The summed E-state index contributed by atoms with van der Waals surface area (Å²) in [6.07, 6.45) is 1.65. The third-order valence-electron chi connectivity index (χ3n) is 3.73. The summed E-state index contributed by atoms with van der Waals surface area (Å²) in [6.45, 7) is 4.08. The Hall–Kier alpha value is -3.41. The fourth-order valence-electron chi connectivity index (χ4n) is 2.68. The van der Waals surface area contributed by atoms with Crippen LogP contribution in [-0.2, 0) is 4.74 Å². The number of nitrogens with one attached hydrogen (secondary N) is 2. The van der Waals surface area contributed by atoms with Crippen LogP contribution >= 0.6 is 0 Å². The molecule has 0 aliphatic carbocycles. The summed E-state index contributed by atoms with van der Waals surface area (Å²) in [6, 6.07) is 15.0. The summed E-state index contributed by atoms with van der Waals surface area (Å²) in [7, 11) is 1.36. The maximum Gasteiger partial charge on any atom is 0.339 e. The van der Waals surface area contributed by atoms with E-state index < -0.39 is 5.97 Å². The van der Waals surface area contributed by atoms with E-state index in [0.29, 0.717) is 23.0 Å². The third kappa shape index (κ3) is 4.16. The second-order valence-corrected chi connectivity index (χ2v) is 5.93. The summed E-state index contributed by atoms with van der Waals surface area (Å²) in [5.41, 5.74) is 4.31. The molecule has 2 N–H and O–H groups in total. The van der Waals surface area contributed by atoms with E-state index >= 15 is 0 Å². The van der Waals surface area contributed by atoms with Crippen LogP contribution in [0.3, 0.4) is 0 Å². The number of nitrogens with zero attached hydrogens (tertiary/aromatic N) is 2. The van der Waals surface area contributed by atoms with Crippen molar-refractivity contribution in [2.24, 2.45) is 0 Å². The van der Waals surface area contributed by atoms with Gasteiger partial charge in [-0.25, -0.2) is 9.78 Å². The number of aromatic nitrogens is 2. The number of benzene rings is 2. The molecule has 0 fully saturated rings. The zero-order valence-electron chi connectivity index (χ0n) is 14.9. The van der Waals surface area contributed by atoms with Crippen LogP contribution < -0.4 is 10.6 Å². The second-order valence-electron chi connectivity index (χ2n) is 5.93.